The number of fused-ring (bicyclic) bond motifs is 1. The summed E-state index contributed by atoms with van der Waals surface area (Å²) in [5.74, 6) is -4.38. The molecule has 5 rings (SSSR count). The second-order valence-corrected chi connectivity index (χ2v) is 14.0. The average Bonchev–Trinajstić information content (AvgIpc) is 3.65. The van der Waals surface area contributed by atoms with Gasteiger partial charge in [0.05, 0.1) is 27.4 Å². The fraction of sp³-hybridized carbons (Fsp3) is 0.412. The Balaban J connectivity index is 1.13. The number of aliphatic hydroxyl groups is 1. The Hall–Kier alpha value is -4.91. The Morgan fingerprint density at radius 1 is 1.07 bits per heavy atom. The van der Waals surface area contributed by atoms with Gasteiger partial charge in [0.15, 0.2) is 17.9 Å². The van der Waals surface area contributed by atoms with Gasteiger partial charge < -0.3 is 38.1 Å². The number of aliphatic hydroxyl groups excluding tert-OH is 1. The van der Waals surface area contributed by atoms with Crippen LogP contribution in [0.4, 0.5) is 19.4 Å². The highest BCUT2D eigenvalue weighted by molar-refractivity contribution is 7.50. The highest BCUT2D eigenvalue weighted by atomic mass is 31.2. The van der Waals surface area contributed by atoms with E-state index in [1.54, 1.807) is 62.4 Å². The molecule has 4 N–H and O–H groups in total. The summed E-state index contributed by atoms with van der Waals surface area (Å²) in [6.45, 7) is 0.998. The molecule has 0 saturated carbocycles. The maximum Gasteiger partial charge on any atom is 0.413 e. The van der Waals surface area contributed by atoms with E-state index in [1.807, 2.05) is 0 Å². The first-order valence-corrected chi connectivity index (χ1v) is 18.0. The number of hydrogen-bond acceptors (Lipinski definition) is 13. The normalized spacial score (nSPS) is 19.6. The number of nitrogens with one attached hydrogen (secondary N) is 2. The van der Waals surface area contributed by atoms with E-state index in [4.69, 9.17) is 32.6 Å². The maximum atomic E-state index is 15.1. The van der Waals surface area contributed by atoms with E-state index < -0.39 is 74.8 Å². The zero-order valence-corrected chi connectivity index (χ0v) is 30.4. The van der Waals surface area contributed by atoms with Crippen LogP contribution in [0.25, 0.3) is 11.0 Å². The number of nitrogens with zero attached hydrogens (tertiary/aromatic N) is 2. The first-order chi connectivity index (χ1) is 25.6. The standard InChI is InChI=1S/C34H39F2N4O13P/c1-19(2)28(31(42)49-16-20-8-6-5-7-9-20)39-54(45,46)51-18-25-30(41)34(35,36)26(53-25)15-40-11-10-27(37-32(40)43)38-33(44)50-17-23-13-21-12-22(47-3)14-24(48-4)29(21)52-23/h5-14,19,25-26,28,30,41H,15-18H2,1-4H3,(H2,39,45,46)(H,37,38,43,44)/t25?,26?,28-,30+/m0/s1. The molecule has 292 valence electrons. The van der Waals surface area contributed by atoms with Crippen molar-refractivity contribution in [2.24, 2.45) is 5.92 Å². The van der Waals surface area contributed by atoms with Gasteiger partial charge in [0.1, 0.15) is 48.3 Å². The van der Waals surface area contributed by atoms with Crippen LogP contribution in [-0.4, -0.2) is 82.7 Å². The number of carbonyl (C=O) groups is 2. The van der Waals surface area contributed by atoms with Gasteiger partial charge >= 0.3 is 31.4 Å². The van der Waals surface area contributed by atoms with Gasteiger partial charge in [-0.1, -0.05) is 44.2 Å². The van der Waals surface area contributed by atoms with Crippen LogP contribution in [0.3, 0.4) is 0 Å². The number of furan rings is 1. The maximum absolute atomic E-state index is 15.1. The summed E-state index contributed by atoms with van der Waals surface area (Å²) in [5.41, 5.74) is 0.0399. The Bertz CT molecular complexity index is 2040. The number of aromatic nitrogens is 2. The number of halogens is 2. The van der Waals surface area contributed by atoms with Crippen LogP contribution >= 0.6 is 7.75 Å². The lowest BCUT2D eigenvalue weighted by Crippen LogP contribution is -2.43. The van der Waals surface area contributed by atoms with Crippen LogP contribution < -0.4 is 25.6 Å². The van der Waals surface area contributed by atoms with Crippen molar-refractivity contribution in [1.29, 1.82) is 0 Å². The first kappa shape index (κ1) is 40.3. The molecule has 4 aromatic rings. The molecule has 3 unspecified atom stereocenters. The molecule has 1 fully saturated rings. The van der Waals surface area contributed by atoms with E-state index in [0.717, 1.165) is 16.8 Å². The van der Waals surface area contributed by atoms with Gasteiger partial charge in [0, 0.05) is 17.6 Å². The monoisotopic (exact) mass is 780 g/mol. The minimum atomic E-state index is -4.83. The molecule has 1 amide bonds. The molecule has 0 bridgehead atoms. The first-order valence-electron chi connectivity index (χ1n) is 16.4. The molecular weight excluding hydrogens is 741 g/mol. The highest BCUT2D eigenvalue weighted by Gasteiger charge is 2.58. The number of ether oxygens (including phenoxy) is 5. The number of rotatable bonds is 16. The van der Waals surface area contributed by atoms with Gasteiger partial charge in [-0.3, -0.25) is 19.2 Å². The van der Waals surface area contributed by atoms with Gasteiger partial charge in [0.25, 0.3) is 0 Å². The number of carbonyl (C=O) groups excluding carboxylic acids is 2. The fourth-order valence-corrected chi connectivity index (χ4v) is 6.55. The zero-order valence-electron chi connectivity index (χ0n) is 29.5. The summed E-state index contributed by atoms with van der Waals surface area (Å²) in [4.78, 5) is 51.9. The molecule has 2 aromatic carbocycles. The smallest absolute Gasteiger partial charge is 0.413 e. The summed E-state index contributed by atoms with van der Waals surface area (Å²) in [5, 5.41) is 15.4. The third-order valence-electron chi connectivity index (χ3n) is 8.25. The number of hydrogen-bond donors (Lipinski definition) is 4. The molecule has 3 heterocycles. The van der Waals surface area contributed by atoms with E-state index in [9.17, 15) is 28.9 Å². The number of esters is 1. The Kier molecular flexibility index (Phi) is 12.7. The van der Waals surface area contributed by atoms with Crippen LogP contribution in [0.2, 0.25) is 0 Å². The molecule has 5 atom stereocenters. The van der Waals surface area contributed by atoms with Crippen molar-refractivity contribution in [1.82, 2.24) is 14.6 Å². The lowest BCUT2D eigenvalue weighted by molar-refractivity contribution is -0.148. The lowest BCUT2D eigenvalue weighted by atomic mass is 10.1. The molecule has 0 spiro atoms. The largest absolute Gasteiger partial charge is 0.497 e. The predicted molar refractivity (Wildman–Crippen MR) is 185 cm³/mol. The van der Waals surface area contributed by atoms with Gasteiger partial charge in [-0.15, -0.1) is 0 Å². The van der Waals surface area contributed by atoms with Gasteiger partial charge in [0.2, 0.25) is 0 Å². The van der Waals surface area contributed by atoms with Crippen LogP contribution in [0.1, 0.15) is 25.2 Å². The van der Waals surface area contributed by atoms with E-state index >= 15 is 8.78 Å². The molecule has 1 aliphatic rings. The average molecular weight is 781 g/mol. The van der Waals surface area contributed by atoms with Gasteiger partial charge in [-0.05, 0) is 29.7 Å². The van der Waals surface area contributed by atoms with E-state index in [0.29, 0.717) is 28.0 Å². The molecule has 0 aliphatic carbocycles. The van der Waals surface area contributed by atoms with Crippen molar-refractivity contribution < 1.29 is 65.6 Å². The molecule has 1 saturated heterocycles. The summed E-state index contributed by atoms with van der Waals surface area (Å²) in [7, 11) is -1.88. The Morgan fingerprint density at radius 2 is 1.81 bits per heavy atom. The third kappa shape index (κ3) is 9.79. The van der Waals surface area contributed by atoms with Crippen molar-refractivity contribution in [3.05, 3.63) is 82.6 Å². The third-order valence-corrected chi connectivity index (χ3v) is 9.35. The quantitative estimate of drug-likeness (QED) is 0.0933. The van der Waals surface area contributed by atoms with Crippen molar-refractivity contribution >= 4 is 36.6 Å². The van der Waals surface area contributed by atoms with Crippen LogP contribution in [0, 0.1) is 5.92 Å². The number of methoxy groups -OCH3 is 2. The predicted octanol–water partition coefficient (Wildman–Crippen LogP) is 3.99. The fourth-order valence-electron chi connectivity index (χ4n) is 5.37. The Labute approximate surface area is 306 Å². The second kappa shape index (κ2) is 17.0. The second-order valence-electron chi connectivity index (χ2n) is 12.5. The minimum absolute atomic E-state index is 0.0952. The van der Waals surface area contributed by atoms with Crippen molar-refractivity contribution in [2.75, 3.05) is 26.1 Å². The number of anilines is 1. The summed E-state index contributed by atoms with van der Waals surface area (Å²) in [6, 6.07) is 13.5. The van der Waals surface area contributed by atoms with E-state index in [-0.39, 0.29) is 24.8 Å². The van der Waals surface area contributed by atoms with Crippen molar-refractivity contribution in [3.8, 4) is 11.5 Å². The molecule has 0 radical (unpaired) electrons. The summed E-state index contributed by atoms with van der Waals surface area (Å²) < 4.78 is 80.6. The van der Waals surface area contributed by atoms with E-state index in [1.165, 1.54) is 14.2 Å². The number of benzene rings is 2. The topological polar surface area (TPSA) is 219 Å². The van der Waals surface area contributed by atoms with Gasteiger partial charge in [-0.2, -0.15) is 4.98 Å². The summed E-state index contributed by atoms with van der Waals surface area (Å²) >= 11 is 0. The molecular formula is C34H39F2N4O13P. The highest BCUT2D eigenvalue weighted by Crippen LogP contribution is 2.42. The zero-order chi connectivity index (χ0) is 39.2. The van der Waals surface area contributed by atoms with Crippen molar-refractivity contribution in [2.45, 2.75) is 63.9 Å². The van der Waals surface area contributed by atoms with Crippen LogP contribution in [0.5, 0.6) is 11.5 Å². The molecule has 20 heteroatoms. The van der Waals surface area contributed by atoms with E-state index in [2.05, 4.69) is 15.4 Å². The number of alkyl halides is 2. The minimum Gasteiger partial charge on any atom is -0.497 e. The van der Waals surface area contributed by atoms with Gasteiger partial charge in [-0.25, -0.2) is 28.0 Å². The number of amides is 1. The SMILES string of the molecule is COc1cc(OC)c2oc(COC(=O)Nc3ccn(CC4OC(COP(=O)(O)N[C@H](C(=O)OCc5ccccc5)C(C)C)[C@@H](O)C4(F)F)c(=O)n3)cc2c1. The lowest BCUT2D eigenvalue weighted by Gasteiger charge is -2.24. The molecule has 1 aliphatic heterocycles. The molecule has 2 aromatic heterocycles. The molecule has 54 heavy (non-hydrogen) atoms. The molecule has 17 nitrogen and oxygen atoms in total. The van der Waals surface area contributed by atoms with Crippen molar-refractivity contribution in [3.63, 3.8) is 0 Å². The van der Waals surface area contributed by atoms with Crippen LogP contribution in [-0.2, 0) is 47.9 Å². The summed E-state index contributed by atoms with van der Waals surface area (Å²) in [6.07, 6.45) is -6.32. The van der Waals surface area contributed by atoms with Crippen LogP contribution in [0.15, 0.2) is 70.0 Å². The Morgan fingerprint density at radius 3 is 2.48 bits per heavy atom.